The Balaban J connectivity index is 4.63. The minimum absolute atomic E-state index is 0.831. The Morgan fingerprint density at radius 1 is 1.40 bits per heavy atom. The summed E-state index contributed by atoms with van der Waals surface area (Å²) in [6.07, 6.45) is 3.75. The lowest BCUT2D eigenvalue weighted by atomic mass is 10.1. The third kappa shape index (κ3) is 2.09. The highest BCUT2D eigenvalue weighted by Crippen LogP contribution is 2.08. The molecule has 0 bridgehead atoms. The summed E-state index contributed by atoms with van der Waals surface area (Å²) >= 11 is 0. The summed E-state index contributed by atoms with van der Waals surface area (Å²) in [6, 6.07) is 0. The van der Waals surface area contributed by atoms with Crippen molar-refractivity contribution in [2.24, 2.45) is 5.73 Å². The number of allylic oxidation sites excluding steroid dienone is 4. The number of hydrogen-bond donors (Lipinski definition) is 1. The summed E-state index contributed by atoms with van der Waals surface area (Å²) in [5.74, 6) is 0. The van der Waals surface area contributed by atoms with Crippen LogP contribution in [0.25, 0.3) is 0 Å². The molecule has 0 saturated carbocycles. The first-order valence-corrected chi connectivity index (χ1v) is 3.35. The fourth-order valence-corrected chi connectivity index (χ4v) is 0.576. The van der Waals surface area contributed by atoms with Crippen LogP contribution in [-0.2, 0) is 0 Å². The monoisotopic (exact) mass is 137 g/mol. The van der Waals surface area contributed by atoms with E-state index >= 15 is 0 Å². The van der Waals surface area contributed by atoms with Crippen LogP contribution in [0.2, 0.25) is 0 Å². The zero-order valence-electron chi connectivity index (χ0n) is 6.94. The zero-order valence-corrected chi connectivity index (χ0v) is 6.94. The standard InChI is InChI=1S/C9H15N/c1-5-7(3)9(10)8(4)6-2/h5-6H,1,10H2,2-4H3/b8-6-,9-7-. The quantitative estimate of drug-likeness (QED) is 0.581. The van der Waals surface area contributed by atoms with Gasteiger partial charge in [-0.2, -0.15) is 0 Å². The maximum Gasteiger partial charge on any atom is 0.0369 e. The van der Waals surface area contributed by atoms with Gasteiger partial charge in [-0.1, -0.05) is 18.7 Å². The van der Waals surface area contributed by atoms with Gasteiger partial charge in [-0.15, -0.1) is 0 Å². The first-order valence-electron chi connectivity index (χ1n) is 3.35. The lowest BCUT2D eigenvalue weighted by Gasteiger charge is -2.02. The molecular weight excluding hydrogens is 122 g/mol. The molecule has 0 amide bonds. The topological polar surface area (TPSA) is 26.0 Å². The van der Waals surface area contributed by atoms with Gasteiger partial charge in [0.05, 0.1) is 0 Å². The first-order chi connectivity index (χ1) is 4.63. The van der Waals surface area contributed by atoms with Gasteiger partial charge >= 0.3 is 0 Å². The molecule has 0 fully saturated rings. The van der Waals surface area contributed by atoms with Gasteiger partial charge in [0.2, 0.25) is 0 Å². The smallest absolute Gasteiger partial charge is 0.0369 e. The van der Waals surface area contributed by atoms with Crippen molar-refractivity contribution in [1.29, 1.82) is 0 Å². The second-order valence-electron chi connectivity index (χ2n) is 2.27. The van der Waals surface area contributed by atoms with E-state index in [4.69, 9.17) is 5.73 Å². The van der Waals surface area contributed by atoms with E-state index in [0.717, 1.165) is 16.8 Å². The maximum atomic E-state index is 5.72. The second kappa shape index (κ2) is 3.94. The van der Waals surface area contributed by atoms with E-state index in [9.17, 15) is 0 Å². The predicted molar refractivity (Wildman–Crippen MR) is 46.5 cm³/mol. The zero-order chi connectivity index (χ0) is 8.15. The van der Waals surface area contributed by atoms with Gasteiger partial charge in [-0.25, -0.2) is 0 Å². The van der Waals surface area contributed by atoms with E-state index in [1.54, 1.807) is 6.08 Å². The molecule has 0 aliphatic rings. The van der Waals surface area contributed by atoms with E-state index in [1.807, 2.05) is 26.8 Å². The summed E-state index contributed by atoms with van der Waals surface area (Å²) in [5, 5.41) is 0. The summed E-state index contributed by atoms with van der Waals surface area (Å²) in [7, 11) is 0. The molecule has 2 N–H and O–H groups in total. The van der Waals surface area contributed by atoms with Crippen molar-refractivity contribution in [1.82, 2.24) is 0 Å². The summed E-state index contributed by atoms with van der Waals surface area (Å²) in [6.45, 7) is 9.55. The van der Waals surface area contributed by atoms with Crippen LogP contribution in [0.1, 0.15) is 20.8 Å². The van der Waals surface area contributed by atoms with E-state index in [2.05, 4.69) is 6.58 Å². The van der Waals surface area contributed by atoms with Crippen molar-refractivity contribution in [2.45, 2.75) is 20.8 Å². The van der Waals surface area contributed by atoms with Crippen molar-refractivity contribution in [3.63, 3.8) is 0 Å². The molecule has 0 spiro atoms. The highest BCUT2D eigenvalue weighted by molar-refractivity contribution is 5.34. The molecule has 10 heavy (non-hydrogen) atoms. The maximum absolute atomic E-state index is 5.72. The van der Waals surface area contributed by atoms with E-state index in [1.165, 1.54) is 0 Å². The minimum Gasteiger partial charge on any atom is -0.398 e. The van der Waals surface area contributed by atoms with Crippen LogP contribution in [-0.4, -0.2) is 0 Å². The van der Waals surface area contributed by atoms with Crippen molar-refractivity contribution in [3.05, 3.63) is 35.6 Å². The molecule has 0 heterocycles. The van der Waals surface area contributed by atoms with Gasteiger partial charge in [0, 0.05) is 5.70 Å². The van der Waals surface area contributed by atoms with Crippen molar-refractivity contribution >= 4 is 0 Å². The number of rotatable bonds is 2. The molecular formula is C9H15N. The van der Waals surface area contributed by atoms with E-state index < -0.39 is 0 Å². The largest absolute Gasteiger partial charge is 0.398 e. The molecule has 1 heteroatoms. The van der Waals surface area contributed by atoms with Crippen molar-refractivity contribution in [2.75, 3.05) is 0 Å². The van der Waals surface area contributed by atoms with E-state index in [0.29, 0.717) is 0 Å². The molecule has 0 aliphatic carbocycles. The molecule has 0 aromatic rings. The van der Waals surface area contributed by atoms with Crippen LogP contribution >= 0.6 is 0 Å². The summed E-state index contributed by atoms with van der Waals surface area (Å²) in [5.41, 5.74) is 8.70. The lowest BCUT2D eigenvalue weighted by molar-refractivity contribution is 1.22. The van der Waals surface area contributed by atoms with Gasteiger partial charge in [-0.3, -0.25) is 0 Å². The van der Waals surface area contributed by atoms with Crippen LogP contribution in [0, 0.1) is 0 Å². The molecule has 0 radical (unpaired) electrons. The normalized spacial score (nSPS) is 14.5. The third-order valence-corrected chi connectivity index (χ3v) is 1.59. The highest BCUT2D eigenvalue weighted by Gasteiger charge is 1.93. The molecule has 56 valence electrons. The molecule has 0 unspecified atom stereocenters. The molecule has 0 aromatic carbocycles. The second-order valence-corrected chi connectivity index (χ2v) is 2.27. The van der Waals surface area contributed by atoms with Gasteiger partial charge in [0.1, 0.15) is 0 Å². The Bertz CT molecular complexity index is 185. The molecule has 0 aromatic heterocycles. The number of hydrogen-bond acceptors (Lipinski definition) is 1. The van der Waals surface area contributed by atoms with Crippen molar-refractivity contribution in [3.8, 4) is 0 Å². The van der Waals surface area contributed by atoms with E-state index in [-0.39, 0.29) is 0 Å². The fraction of sp³-hybridized carbons (Fsp3) is 0.333. The summed E-state index contributed by atoms with van der Waals surface area (Å²) in [4.78, 5) is 0. The third-order valence-electron chi connectivity index (χ3n) is 1.59. The van der Waals surface area contributed by atoms with Gasteiger partial charge in [0.25, 0.3) is 0 Å². The first kappa shape index (κ1) is 9.02. The Kier molecular flexibility index (Phi) is 3.55. The predicted octanol–water partition coefficient (Wildman–Crippen LogP) is 2.37. The van der Waals surface area contributed by atoms with Crippen LogP contribution in [0.15, 0.2) is 35.6 Å². The SMILES string of the molecule is C=C/C(C)=C(N)/C(C)=C\C. The molecule has 1 nitrogen and oxygen atoms in total. The average Bonchev–Trinajstić information content (AvgIpc) is 2.00. The Morgan fingerprint density at radius 2 is 1.90 bits per heavy atom. The van der Waals surface area contributed by atoms with Crippen LogP contribution in [0.3, 0.4) is 0 Å². The van der Waals surface area contributed by atoms with Gasteiger partial charge in [-0.05, 0) is 31.9 Å². The lowest BCUT2D eigenvalue weighted by Crippen LogP contribution is -2.00. The molecule has 0 saturated heterocycles. The summed E-state index contributed by atoms with van der Waals surface area (Å²) < 4.78 is 0. The fourth-order valence-electron chi connectivity index (χ4n) is 0.576. The van der Waals surface area contributed by atoms with Gasteiger partial charge < -0.3 is 5.73 Å². The van der Waals surface area contributed by atoms with Crippen LogP contribution in [0.4, 0.5) is 0 Å². The highest BCUT2D eigenvalue weighted by atomic mass is 14.6. The Labute approximate surface area is 62.9 Å². The molecule has 0 atom stereocenters. The Morgan fingerprint density at radius 3 is 2.20 bits per heavy atom. The number of nitrogens with two attached hydrogens (primary N) is 1. The average molecular weight is 137 g/mol. The van der Waals surface area contributed by atoms with Crippen LogP contribution in [0.5, 0.6) is 0 Å². The Hall–Kier alpha value is -0.980. The minimum atomic E-state index is 0.831. The molecule has 0 rings (SSSR count). The van der Waals surface area contributed by atoms with Gasteiger partial charge in [0.15, 0.2) is 0 Å². The van der Waals surface area contributed by atoms with Crippen LogP contribution < -0.4 is 5.73 Å². The molecule has 0 aliphatic heterocycles. The van der Waals surface area contributed by atoms with Crippen molar-refractivity contribution < 1.29 is 0 Å².